The zero-order chi connectivity index (χ0) is 11.7. The number of benzene rings is 1. The van der Waals surface area contributed by atoms with Crippen LogP contribution in [0.5, 0.6) is 0 Å². The Balaban J connectivity index is 2.10. The van der Waals surface area contributed by atoms with E-state index in [-0.39, 0.29) is 5.92 Å². The molecule has 4 nitrogen and oxygen atoms in total. The van der Waals surface area contributed by atoms with Crippen LogP contribution in [-0.2, 0) is 0 Å². The lowest BCUT2D eigenvalue weighted by atomic mass is 9.94. The summed E-state index contributed by atoms with van der Waals surface area (Å²) in [5.74, 6) is -0.242. The molecule has 0 bridgehead atoms. The van der Waals surface area contributed by atoms with Crippen molar-refractivity contribution >= 4 is 11.0 Å². The molecule has 17 heavy (non-hydrogen) atoms. The van der Waals surface area contributed by atoms with E-state index in [1.807, 2.05) is 36.7 Å². The van der Waals surface area contributed by atoms with E-state index < -0.39 is 0 Å². The first kappa shape index (κ1) is 9.67. The van der Waals surface area contributed by atoms with Crippen LogP contribution in [0.25, 0.3) is 11.0 Å². The Labute approximate surface area is 97.9 Å². The van der Waals surface area contributed by atoms with Gasteiger partial charge in [-0.25, -0.2) is 4.98 Å². The number of aromatic nitrogens is 3. The zero-order valence-corrected chi connectivity index (χ0v) is 9.01. The van der Waals surface area contributed by atoms with Gasteiger partial charge in [-0.15, -0.1) is 0 Å². The molecule has 0 saturated carbocycles. The van der Waals surface area contributed by atoms with E-state index in [0.29, 0.717) is 0 Å². The molecule has 0 radical (unpaired) electrons. The Kier molecular flexibility index (Phi) is 2.16. The van der Waals surface area contributed by atoms with Crippen LogP contribution in [0.15, 0.2) is 43.0 Å². The molecular formula is C13H10N4. The van der Waals surface area contributed by atoms with Crippen molar-refractivity contribution in [1.29, 1.82) is 5.26 Å². The summed E-state index contributed by atoms with van der Waals surface area (Å²) in [5.41, 5.74) is 3.83. The lowest BCUT2D eigenvalue weighted by molar-refractivity contribution is 1.04. The largest absolute Gasteiger partial charge is 0.367 e. The molecule has 0 fully saturated rings. The molecule has 0 aliphatic heterocycles. The van der Waals surface area contributed by atoms with Gasteiger partial charge in [0.1, 0.15) is 0 Å². The third-order valence-corrected chi connectivity index (χ3v) is 2.86. The van der Waals surface area contributed by atoms with Gasteiger partial charge in [-0.05, 0) is 29.3 Å². The summed E-state index contributed by atoms with van der Waals surface area (Å²) in [6.07, 6.45) is 5.34. The number of nitriles is 1. The second-order valence-electron chi connectivity index (χ2n) is 3.89. The van der Waals surface area contributed by atoms with E-state index in [0.717, 1.165) is 22.2 Å². The average Bonchev–Trinajstić information content (AvgIpc) is 2.99. The van der Waals surface area contributed by atoms with Crippen LogP contribution in [0.2, 0.25) is 0 Å². The fourth-order valence-corrected chi connectivity index (χ4v) is 1.99. The molecule has 0 saturated heterocycles. The fraction of sp³-hybridized carbons (Fsp3) is 0.0769. The van der Waals surface area contributed by atoms with Crippen molar-refractivity contribution in [3.8, 4) is 6.07 Å². The molecule has 82 valence electrons. The van der Waals surface area contributed by atoms with Crippen LogP contribution in [-0.4, -0.2) is 15.0 Å². The predicted molar refractivity (Wildman–Crippen MR) is 64.3 cm³/mol. The van der Waals surface area contributed by atoms with Crippen LogP contribution in [0, 0.1) is 11.3 Å². The first-order valence-corrected chi connectivity index (χ1v) is 5.34. The number of hydrogen-bond acceptors (Lipinski definition) is 2. The van der Waals surface area contributed by atoms with E-state index in [4.69, 9.17) is 0 Å². The number of nitrogens with one attached hydrogen (secondary N) is 2. The Morgan fingerprint density at radius 1 is 1.24 bits per heavy atom. The van der Waals surface area contributed by atoms with Gasteiger partial charge in [-0.2, -0.15) is 5.26 Å². The molecule has 0 spiro atoms. The lowest BCUT2D eigenvalue weighted by Gasteiger charge is -2.07. The van der Waals surface area contributed by atoms with Crippen LogP contribution < -0.4 is 0 Å². The highest BCUT2D eigenvalue weighted by atomic mass is 14.9. The highest BCUT2D eigenvalue weighted by Crippen LogP contribution is 2.25. The van der Waals surface area contributed by atoms with Gasteiger partial charge >= 0.3 is 0 Å². The van der Waals surface area contributed by atoms with E-state index >= 15 is 0 Å². The topological polar surface area (TPSA) is 68.3 Å². The Morgan fingerprint density at radius 3 is 2.94 bits per heavy atom. The van der Waals surface area contributed by atoms with E-state index in [1.165, 1.54) is 0 Å². The SMILES string of the molecule is N#CC(c1cc[nH]c1)c1ccc2nc[nH]c2c1. The summed E-state index contributed by atoms with van der Waals surface area (Å²) in [4.78, 5) is 10.2. The number of rotatable bonds is 2. The van der Waals surface area contributed by atoms with E-state index in [2.05, 4.69) is 21.0 Å². The van der Waals surface area contributed by atoms with Gasteiger partial charge in [0, 0.05) is 12.4 Å². The zero-order valence-electron chi connectivity index (χ0n) is 9.01. The molecule has 3 aromatic rings. The lowest BCUT2D eigenvalue weighted by Crippen LogP contribution is -1.96. The molecule has 2 aromatic heterocycles. The minimum atomic E-state index is -0.242. The number of imidazole rings is 1. The second-order valence-corrected chi connectivity index (χ2v) is 3.89. The average molecular weight is 222 g/mol. The van der Waals surface area contributed by atoms with Gasteiger partial charge < -0.3 is 9.97 Å². The third kappa shape index (κ3) is 1.58. The highest BCUT2D eigenvalue weighted by molar-refractivity contribution is 5.75. The van der Waals surface area contributed by atoms with Crippen molar-refractivity contribution in [3.05, 3.63) is 54.1 Å². The van der Waals surface area contributed by atoms with Gasteiger partial charge in [-0.1, -0.05) is 6.07 Å². The van der Waals surface area contributed by atoms with Crippen LogP contribution in [0.4, 0.5) is 0 Å². The predicted octanol–water partition coefficient (Wildman–Crippen LogP) is 2.55. The minimum Gasteiger partial charge on any atom is -0.367 e. The molecule has 4 heteroatoms. The molecule has 1 unspecified atom stereocenters. The first-order valence-electron chi connectivity index (χ1n) is 5.34. The summed E-state index contributed by atoms with van der Waals surface area (Å²) in [5, 5.41) is 9.28. The molecule has 0 aliphatic rings. The van der Waals surface area contributed by atoms with Gasteiger partial charge in [0.15, 0.2) is 0 Å². The number of hydrogen-bond donors (Lipinski definition) is 2. The molecule has 1 atom stereocenters. The monoisotopic (exact) mass is 222 g/mol. The number of H-pyrrole nitrogens is 2. The molecule has 0 amide bonds. The van der Waals surface area contributed by atoms with Gasteiger partial charge in [0.05, 0.1) is 29.3 Å². The van der Waals surface area contributed by atoms with E-state index in [1.54, 1.807) is 6.33 Å². The van der Waals surface area contributed by atoms with Crippen LogP contribution >= 0.6 is 0 Å². The Bertz CT molecular complexity index is 673. The summed E-state index contributed by atoms with van der Waals surface area (Å²) in [7, 11) is 0. The van der Waals surface area contributed by atoms with Gasteiger partial charge in [-0.3, -0.25) is 0 Å². The van der Waals surface area contributed by atoms with Crippen molar-refractivity contribution in [3.63, 3.8) is 0 Å². The molecule has 2 heterocycles. The minimum absolute atomic E-state index is 0.242. The Morgan fingerprint density at radius 2 is 2.18 bits per heavy atom. The second kappa shape index (κ2) is 3.80. The number of aromatic amines is 2. The number of fused-ring (bicyclic) bond motifs is 1. The quantitative estimate of drug-likeness (QED) is 0.699. The number of nitrogens with zero attached hydrogens (tertiary/aromatic N) is 2. The summed E-state index contributed by atoms with van der Waals surface area (Å²) in [6.45, 7) is 0. The Hall–Kier alpha value is -2.54. The maximum atomic E-state index is 9.28. The fourth-order valence-electron chi connectivity index (χ4n) is 1.99. The molecule has 1 aromatic carbocycles. The molecule has 3 rings (SSSR count). The molecular weight excluding hydrogens is 212 g/mol. The van der Waals surface area contributed by atoms with Crippen molar-refractivity contribution in [2.75, 3.05) is 0 Å². The van der Waals surface area contributed by atoms with Crippen molar-refractivity contribution < 1.29 is 0 Å². The van der Waals surface area contributed by atoms with Crippen molar-refractivity contribution in [2.24, 2.45) is 0 Å². The third-order valence-electron chi connectivity index (χ3n) is 2.86. The standard InChI is InChI=1S/C13H10N4/c14-6-11(10-3-4-15-7-10)9-1-2-12-13(5-9)17-8-16-12/h1-5,7-8,11,15H,(H,16,17). The maximum Gasteiger partial charge on any atom is 0.0978 e. The first-order chi connectivity index (χ1) is 8.38. The summed E-state index contributed by atoms with van der Waals surface area (Å²) < 4.78 is 0. The molecule has 0 aliphatic carbocycles. The van der Waals surface area contributed by atoms with Crippen LogP contribution in [0.1, 0.15) is 17.0 Å². The van der Waals surface area contributed by atoms with Crippen molar-refractivity contribution in [2.45, 2.75) is 5.92 Å². The normalized spacial score (nSPS) is 12.4. The summed E-state index contributed by atoms with van der Waals surface area (Å²) >= 11 is 0. The van der Waals surface area contributed by atoms with E-state index in [9.17, 15) is 5.26 Å². The van der Waals surface area contributed by atoms with Gasteiger partial charge in [0.25, 0.3) is 0 Å². The summed E-state index contributed by atoms with van der Waals surface area (Å²) in [6, 6.07) is 10.1. The maximum absolute atomic E-state index is 9.28. The van der Waals surface area contributed by atoms with Crippen LogP contribution in [0.3, 0.4) is 0 Å². The van der Waals surface area contributed by atoms with Gasteiger partial charge in [0.2, 0.25) is 0 Å². The smallest absolute Gasteiger partial charge is 0.0978 e. The van der Waals surface area contributed by atoms with Crippen molar-refractivity contribution in [1.82, 2.24) is 15.0 Å². The highest BCUT2D eigenvalue weighted by Gasteiger charge is 2.14. The molecule has 2 N–H and O–H groups in total.